The standard InChI is InChI=1S/C21H21NO4/c1-3-24-20(23)14-26-19-12-15(2)22-21-17(19)10-7-11-18(21)25-13-16-8-5-4-6-9-16/h4-12H,3,13-14H2,1-2H3. The van der Waals surface area contributed by atoms with Crippen molar-refractivity contribution in [2.24, 2.45) is 0 Å². The molecule has 134 valence electrons. The molecule has 0 N–H and O–H groups in total. The Morgan fingerprint density at radius 2 is 1.81 bits per heavy atom. The maximum absolute atomic E-state index is 11.6. The zero-order chi connectivity index (χ0) is 18.4. The molecule has 5 nitrogen and oxygen atoms in total. The largest absolute Gasteiger partial charge is 0.487 e. The normalized spacial score (nSPS) is 10.5. The van der Waals surface area contributed by atoms with E-state index in [4.69, 9.17) is 14.2 Å². The van der Waals surface area contributed by atoms with Crippen LogP contribution in [0, 0.1) is 6.92 Å². The average molecular weight is 351 g/mol. The molecular weight excluding hydrogens is 330 g/mol. The van der Waals surface area contributed by atoms with Crippen molar-refractivity contribution in [3.63, 3.8) is 0 Å². The number of aromatic nitrogens is 1. The van der Waals surface area contributed by atoms with E-state index >= 15 is 0 Å². The van der Waals surface area contributed by atoms with Crippen LogP contribution in [0.3, 0.4) is 0 Å². The summed E-state index contributed by atoms with van der Waals surface area (Å²) in [4.78, 5) is 16.2. The quantitative estimate of drug-likeness (QED) is 0.601. The number of pyridine rings is 1. The summed E-state index contributed by atoms with van der Waals surface area (Å²) < 4.78 is 16.5. The summed E-state index contributed by atoms with van der Waals surface area (Å²) in [6, 6.07) is 17.4. The van der Waals surface area contributed by atoms with Crippen LogP contribution in [0.25, 0.3) is 10.9 Å². The number of fused-ring (bicyclic) bond motifs is 1. The van der Waals surface area contributed by atoms with E-state index in [0.717, 1.165) is 16.6 Å². The predicted molar refractivity (Wildman–Crippen MR) is 99.4 cm³/mol. The van der Waals surface area contributed by atoms with Crippen molar-refractivity contribution in [3.05, 3.63) is 65.9 Å². The molecule has 0 amide bonds. The lowest BCUT2D eigenvalue weighted by Gasteiger charge is -2.13. The van der Waals surface area contributed by atoms with Gasteiger partial charge in [0.25, 0.3) is 0 Å². The van der Waals surface area contributed by atoms with E-state index in [1.807, 2.05) is 61.5 Å². The molecule has 0 fully saturated rings. The second-order valence-corrected chi connectivity index (χ2v) is 5.78. The van der Waals surface area contributed by atoms with Crippen molar-refractivity contribution in [2.45, 2.75) is 20.5 Å². The molecule has 3 aromatic rings. The lowest BCUT2D eigenvalue weighted by Crippen LogP contribution is -2.14. The summed E-state index contributed by atoms with van der Waals surface area (Å²) in [5.74, 6) is 0.869. The first-order valence-corrected chi connectivity index (χ1v) is 8.53. The van der Waals surface area contributed by atoms with Crippen LogP contribution in [0.2, 0.25) is 0 Å². The second kappa shape index (κ2) is 8.34. The molecule has 0 atom stereocenters. The molecule has 0 aliphatic carbocycles. The molecule has 0 saturated carbocycles. The number of carbonyl (C=O) groups is 1. The SMILES string of the molecule is CCOC(=O)COc1cc(C)nc2c(OCc3ccccc3)cccc12. The number of esters is 1. The van der Waals surface area contributed by atoms with Crippen molar-refractivity contribution in [1.29, 1.82) is 0 Å². The first-order valence-electron chi connectivity index (χ1n) is 8.53. The highest BCUT2D eigenvalue weighted by molar-refractivity contribution is 5.90. The summed E-state index contributed by atoms with van der Waals surface area (Å²) in [6.07, 6.45) is 0. The van der Waals surface area contributed by atoms with Crippen LogP contribution in [0.15, 0.2) is 54.6 Å². The molecule has 0 saturated heterocycles. The molecule has 1 heterocycles. The molecule has 26 heavy (non-hydrogen) atoms. The van der Waals surface area contributed by atoms with Crippen LogP contribution >= 0.6 is 0 Å². The number of nitrogens with zero attached hydrogens (tertiary/aromatic N) is 1. The van der Waals surface area contributed by atoms with Crippen molar-refractivity contribution in [2.75, 3.05) is 13.2 Å². The van der Waals surface area contributed by atoms with E-state index in [0.29, 0.717) is 30.2 Å². The van der Waals surface area contributed by atoms with Crippen LogP contribution < -0.4 is 9.47 Å². The van der Waals surface area contributed by atoms with Gasteiger partial charge < -0.3 is 14.2 Å². The molecule has 0 unspecified atom stereocenters. The highest BCUT2D eigenvalue weighted by atomic mass is 16.6. The minimum atomic E-state index is -0.397. The first-order chi connectivity index (χ1) is 12.7. The number of aryl methyl sites for hydroxylation is 1. The van der Waals surface area contributed by atoms with Gasteiger partial charge in [0.1, 0.15) is 23.6 Å². The average Bonchev–Trinajstić information content (AvgIpc) is 2.65. The van der Waals surface area contributed by atoms with E-state index in [1.165, 1.54) is 0 Å². The summed E-state index contributed by atoms with van der Waals surface area (Å²) in [5, 5.41) is 0.797. The van der Waals surface area contributed by atoms with Gasteiger partial charge in [-0.15, -0.1) is 0 Å². The number of benzene rings is 2. The highest BCUT2D eigenvalue weighted by Crippen LogP contribution is 2.32. The Kier molecular flexibility index (Phi) is 5.69. The molecule has 0 aliphatic rings. The Morgan fingerprint density at radius 1 is 1.00 bits per heavy atom. The molecule has 1 aromatic heterocycles. The van der Waals surface area contributed by atoms with Crippen molar-refractivity contribution in [3.8, 4) is 11.5 Å². The van der Waals surface area contributed by atoms with E-state index < -0.39 is 5.97 Å². The fourth-order valence-electron chi connectivity index (χ4n) is 2.62. The smallest absolute Gasteiger partial charge is 0.344 e. The van der Waals surface area contributed by atoms with Gasteiger partial charge in [-0.25, -0.2) is 9.78 Å². The third-order valence-corrected chi connectivity index (χ3v) is 3.78. The number of carbonyl (C=O) groups excluding carboxylic acids is 1. The summed E-state index contributed by atoms with van der Waals surface area (Å²) in [7, 11) is 0. The third-order valence-electron chi connectivity index (χ3n) is 3.78. The van der Waals surface area contributed by atoms with Crippen LogP contribution in [0.4, 0.5) is 0 Å². The van der Waals surface area contributed by atoms with Gasteiger partial charge in [-0.2, -0.15) is 0 Å². The summed E-state index contributed by atoms with van der Waals surface area (Å²) in [6.45, 7) is 4.29. The van der Waals surface area contributed by atoms with Gasteiger partial charge in [0, 0.05) is 17.1 Å². The van der Waals surface area contributed by atoms with Crippen molar-refractivity contribution >= 4 is 16.9 Å². The summed E-state index contributed by atoms with van der Waals surface area (Å²) in [5.41, 5.74) is 2.57. The van der Waals surface area contributed by atoms with E-state index in [1.54, 1.807) is 6.92 Å². The van der Waals surface area contributed by atoms with Gasteiger partial charge in [0.15, 0.2) is 6.61 Å². The van der Waals surface area contributed by atoms with Gasteiger partial charge in [0.2, 0.25) is 0 Å². The van der Waals surface area contributed by atoms with Crippen LogP contribution in [0.1, 0.15) is 18.2 Å². The summed E-state index contributed by atoms with van der Waals surface area (Å²) >= 11 is 0. The topological polar surface area (TPSA) is 57.7 Å². The molecule has 2 aromatic carbocycles. The lowest BCUT2D eigenvalue weighted by atomic mass is 10.1. The van der Waals surface area contributed by atoms with Gasteiger partial charge in [-0.1, -0.05) is 36.4 Å². The number of ether oxygens (including phenoxy) is 3. The van der Waals surface area contributed by atoms with Crippen LogP contribution in [0.5, 0.6) is 11.5 Å². The van der Waals surface area contributed by atoms with E-state index in [-0.39, 0.29) is 6.61 Å². The van der Waals surface area contributed by atoms with Gasteiger partial charge >= 0.3 is 5.97 Å². The molecule has 0 aliphatic heterocycles. The minimum absolute atomic E-state index is 0.137. The molecule has 3 rings (SSSR count). The molecule has 0 radical (unpaired) electrons. The Balaban J connectivity index is 1.85. The van der Waals surface area contributed by atoms with Crippen molar-refractivity contribution in [1.82, 2.24) is 4.98 Å². The first kappa shape index (κ1) is 17.7. The van der Waals surface area contributed by atoms with Crippen LogP contribution in [-0.4, -0.2) is 24.2 Å². The van der Waals surface area contributed by atoms with E-state index in [2.05, 4.69) is 4.98 Å². The molecular formula is C21H21NO4. The van der Waals surface area contributed by atoms with Gasteiger partial charge in [0.05, 0.1) is 6.61 Å². The molecule has 5 heteroatoms. The predicted octanol–water partition coefficient (Wildman–Crippen LogP) is 4.06. The Labute approximate surface area is 152 Å². The molecule has 0 bridgehead atoms. The van der Waals surface area contributed by atoms with Gasteiger partial charge in [-0.3, -0.25) is 0 Å². The fourth-order valence-corrected chi connectivity index (χ4v) is 2.62. The maximum Gasteiger partial charge on any atom is 0.344 e. The highest BCUT2D eigenvalue weighted by Gasteiger charge is 2.12. The van der Waals surface area contributed by atoms with E-state index in [9.17, 15) is 4.79 Å². The Morgan fingerprint density at radius 3 is 2.58 bits per heavy atom. The zero-order valence-electron chi connectivity index (χ0n) is 14.9. The number of hydrogen-bond donors (Lipinski definition) is 0. The Bertz CT molecular complexity index is 893. The third kappa shape index (κ3) is 4.30. The minimum Gasteiger partial charge on any atom is -0.487 e. The maximum atomic E-state index is 11.6. The number of hydrogen-bond acceptors (Lipinski definition) is 5. The fraction of sp³-hybridized carbons (Fsp3) is 0.238. The monoisotopic (exact) mass is 351 g/mol. The van der Waals surface area contributed by atoms with Crippen LogP contribution in [-0.2, 0) is 16.1 Å². The molecule has 0 spiro atoms. The lowest BCUT2D eigenvalue weighted by molar-refractivity contribution is -0.145. The number of para-hydroxylation sites is 1. The second-order valence-electron chi connectivity index (χ2n) is 5.78. The van der Waals surface area contributed by atoms with Crippen molar-refractivity contribution < 1.29 is 19.0 Å². The zero-order valence-corrected chi connectivity index (χ0v) is 14.9. The Hall–Kier alpha value is -3.08. The number of rotatable bonds is 7. The van der Waals surface area contributed by atoms with Gasteiger partial charge in [-0.05, 0) is 31.5 Å².